The lowest BCUT2D eigenvalue weighted by Crippen LogP contribution is -2.16. The third-order valence-electron chi connectivity index (χ3n) is 3.82. The summed E-state index contributed by atoms with van der Waals surface area (Å²) in [6, 6.07) is 18.0. The van der Waals surface area contributed by atoms with E-state index >= 15 is 0 Å². The number of carbonyl (C=O) groups is 1. The summed E-state index contributed by atoms with van der Waals surface area (Å²) in [5.41, 5.74) is 1.71. The van der Waals surface area contributed by atoms with E-state index in [0.29, 0.717) is 5.56 Å². The Balaban J connectivity index is 2.01. The molecule has 4 nitrogen and oxygen atoms in total. The van der Waals surface area contributed by atoms with Gasteiger partial charge in [-0.2, -0.15) is 0 Å². The van der Waals surface area contributed by atoms with Gasteiger partial charge in [-0.25, -0.2) is 12.8 Å². The van der Waals surface area contributed by atoms with Crippen LogP contribution in [0, 0.1) is 12.7 Å². The van der Waals surface area contributed by atoms with Crippen molar-refractivity contribution in [2.24, 2.45) is 0 Å². The van der Waals surface area contributed by atoms with Gasteiger partial charge in [0.1, 0.15) is 5.82 Å². The number of nitrogens with one attached hydrogen (secondary N) is 1. The Labute approximate surface area is 151 Å². The Bertz CT molecular complexity index is 1050. The van der Waals surface area contributed by atoms with Crippen molar-refractivity contribution >= 4 is 21.5 Å². The molecule has 26 heavy (non-hydrogen) atoms. The lowest BCUT2D eigenvalue weighted by Gasteiger charge is -2.13. The molecule has 0 aliphatic heterocycles. The number of rotatable bonds is 5. The molecule has 0 radical (unpaired) electrons. The van der Waals surface area contributed by atoms with E-state index in [4.69, 9.17) is 0 Å². The number of hydrogen-bond acceptors (Lipinski definition) is 3. The van der Waals surface area contributed by atoms with Crippen molar-refractivity contribution < 1.29 is 17.6 Å². The number of anilines is 1. The molecule has 0 spiro atoms. The maximum atomic E-state index is 13.0. The maximum Gasteiger partial charge on any atom is 0.261 e. The van der Waals surface area contributed by atoms with Gasteiger partial charge in [0.25, 0.3) is 10.0 Å². The van der Waals surface area contributed by atoms with Gasteiger partial charge >= 0.3 is 0 Å². The van der Waals surface area contributed by atoms with Crippen molar-refractivity contribution in [1.82, 2.24) is 0 Å². The molecule has 0 saturated heterocycles. The van der Waals surface area contributed by atoms with Gasteiger partial charge in [0.05, 0.1) is 10.6 Å². The van der Waals surface area contributed by atoms with Gasteiger partial charge in [-0.05, 0) is 43.3 Å². The minimum atomic E-state index is -3.95. The molecule has 3 aromatic carbocycles. The Morgan fingerprint density at radius 2 is 1.58 bits per heavy atom. The molecular formula is C20H16FNO3S. The Hall–Kier alpha value is -2.99. The third kappa shape index (κ3) is 3.81. The van der Waals surface area contributed by atoms with Gasteiger partial charge in [-0.3, -0.25) is 9.52 Å². The molecule has 0 bridgehead atoms. The van der Waals surface area contributed by atoms with E-state index in [2.05, 4.69) is 4.72 Å². The first-order valence-electron chi connectivity index (χ1n) is 7.85. The highest BCUT2D eigenvalue weighted by atomic mass is 32.2. The van der Waals surface area contributed by atoms with Crippen molar-refractivity contribution in [3.63, 3.8) is 0 Å². The van der Waals surface area contributed by atoms with Crippen molar-refractivity contribution in [3.8, 4) is 0 Å². The maximum absolute atomic E-state index is 13.0. The van der Waals surface area contributed by atoms with Gasteiger partial charge in [-0.15, -0.1) is 0 Å². The standard InChI is InChI=1S/C20H16FNO3S/c1-14-7-12-19(18(13-14)20(23)15-5-3-2-4-6-15)22-26(24,25)17-10-8-16(21)9-11-17/h2-13,22H,1H3. The van der Waals surface area contributed by atoms with E-state index < -0.39 is 15.8 Å². The number of hydrogen-bond donors (Lipinski definition) is 1. The van der Waals surface area contributed by atoms with E-state index in [-0.39, 0.29) is 21.9 Å². The molecule has 0 saturated carbocycles. The van der Waals surface area contributed by atoms with Crippen LogP contribution < -0.4 is 4.72 Å². The van der Waals surface area contributed by atoms with E-state index in [0.717, 1.165) is 17.7 Å². The smallest absolute Gasteiger partial charge is 0.261 e. The molecule has 0 aliphatic carbocycles. The van der Waals surface area contributed by atoms with E-state index in [1.54, 1.807) is 48.5 Å². The highest BCUT2D eigenvalue weighted by molar-refractivity contribution is 7.92. The monoisotopic (exact) mass is 369 g/mol. The fourth-order valence-electron chi connectivity index (χ4n) is 2.50. The fraction of sp³-hybridized carbons (Fsp3) is 0.0500. The molecule has 0 unspecified atom stereocenters. The zero-order chi connectivity index (χ0) is 18.7. The summed E-state index contributed by atoms with van der Waals surface area (Å²) in [5.74, 6) is -0.815. The molecular weight excluding hydrogens is 353 g/mol. The lowest BCUT2D eigenvalue weighted by molar-refractivity contribution is 0.103. The summed E-state index contributed by atoms with van der Waals surface area (Å²) in [4.78, 5) is 12.7. The van der Waals surface area contributed by atoms with Crippen LogP contribution in [0.3, 0.4) is 0 Å². The largest absolute Gasteiger partial charge is 0.289 e. The molecule has 0 amide bonds. The van der Waals surface area contributed by atoms with Crippen LogP contribution in [0.4, 0.5) is 10.1 Å². The van der Waals surface area contributed by atoms with Gasteiger partial charge in [0.2, 0.25) is 0 Å². The second-order valence-corrected chi connectivity index (χ2v) is 7.49. The lowest BCUT2D eigenvalue weighted by atomic mass is 10.00. The molecule has 132 valence electrons. The molecule has 3 aromatic rings. The van der Waals surface area contributed by atoms with E-state index in [1.165, 1.54) is 12.1 Å². The minimum Gasteiger partial charge on any atom is -0.289 e. The molecule has 3 rings (SSSR count). The van der Waals surface area contributed by atoms with Crippen LogP contribution in [-0.4, -0.2) is 14.2 Å². The van der Waals surface area contributed by atoms with Crippen molar-refractivity contribution in [1.29, 1.82) is 0 Å². The zero-order valence-electron chi connectivity index (χ0n) is 13.9. The van der Waals surface area contributed by atoms with E-state index in [9.17, 15) is 17.6 Å². The number of ketones is 1. The van der Waals surface area contributed by atoms with Crippen LogP contribution in [0.2, 0.25) is 0 Å². The van der Waals surface area contributed by atoms with Crippen LogP contribution >= 0.6 is 0 Å². The Morgan fingerprint density at radius 3 is 2.23 bits per heavy atom. The van der Waals surface area contributed by atoms with Crippen LogP contribution in [0.5, 0.6) is 0 Å². The van der Waals surface area contributed by atoms with Crippen molar-refractivity contribution in [2.75, 3.05) is 4.72 Å². The number of benzene rings is 3. The highest BCUT2D eigenvalue weighted by Crippen LogP contribution is 2.24. The summed E-state index contributed by atoms with van der Waals surface area (Å²) >= 11 is 0. The summed E-state index contributed by atoms with van der Waals surface area (Å²) < 4.78 is 40.6. The topological polar surface area (TPSA) is 63.2 Å². The number of halogens is 1. The zero-order valence-corrected chi connectivity index (χ0v) is 14.8. The van der Waals surface area contributed by atoms with Crippen LogP contribution in [0.15, 0.2) is 77.7 Å². The first-order chi connectivity index (χ1) is 12.4. The molecule has 0 aliphatic rings. The second-order valence-electron chi connectivity index (χ2n) is 5.80. The SMILES string of the molecule is Cc1ccc(NS(=O)(=O)c2ccc(F)cc2)c(C(=O)c2ccccc2)c1. The van der Waals surface area contributed by atoms with Gasteiger partial charge < -0.3 is 0 Å². The summed E-state index contributed by atoms with van der Waals surface area (Å²) in [5, 5.41) is 0. The predicted octanol–water partition coefficient (Wildman–Crippen LogP) is 4.17. The second kappa shape index (κ2) is 7.09. The quantitative estimate of drug-likeness (QED) is 0.687. The summed E-state index contributed by atoms with van der Waals surface area (Å²) in [7, 11) is -3.95. The number of sulfonamides is 1. The van der Waals surface area contributed by atoms with Gasteiger partial charge in [-0.1, -0.05) is 42.0 Å². The average Bonchev–Trinajstić information content (AvgIpc) is 2.63. The minimum absolute atomic E-state index is 0.0856. The normalized spacial score (nSPS) is 11.2. The Kier molecular flexibility index (Phi) is 4.86. The van der Waals surface area contributed by atoms with Crippen molar-refractivity contribution in [2.45, 2.75) is 11.8 Å². The summed E-state index contributed by atoms with van der Waals surface area (Å²) in [6.07, 6.45) is 0. The predicted molar refractivity (Wildman–Crippen MR) is 98.3 cm³/mol. The van der Waals surface area contributed by atoms with Gasteiger partial charge in [0, 0.05) is 11.1 Å². The van der Waals surface area contributed by atoms with Gasteiger partial charge in [0.15, 0.2) is 5.78 Å². The number of aryl methyl sites for hydroxylation is 1. The average molecular weight is 369 g/mol. The molecule has 1 N–H and O–H groups in total. The first-order valence-corrected chi connectivity index (χ1v) is 9.34. The third-order valence-corrected chi connectivity index (χ3v) is 5.21. The van der Waals surface area contributed by atoms with Crippen LogP contribution in [0.1, 0.15) is 21.5 Å². The Morgan fingerprint density at radius 1 is 0.923 bits per heavy atom. The first kappa shape index (κ1) is 17.8. The van der Waals surface area contributed by atoms with Crippen molar-refractivity contribution in [3.05, 3.63) is 95.3 Å². The fourth-order valence-corrected chi connectivity index (χ4v) is 3.58. The highest BCUT2D eigenvalue weighted by Gasteiger charge is 2.20. The molecule has 0 aromatic heterocycles. The summed E-state index contributed by atoms with van der Waals surface area (Å²) in [6.45, 7) is 1.82. The van der Waals surface area contributed by atoms with E-state index in [1.807, 2.05) is 6.92 Å². The molecule has 0 fully saturated rings. The van der Waals surface area contributed by atoms with Crippen LogP contribution in [0.25, 0.3) is 0 Å². The molecule has 6 heteroatoms. The molecule has 0 atom stereocenters. The number of carbonyl (C=O) groups excluding carboxylic acids is 1. The van der Waals surface area contributed by atoms with Crippen LogP contribution in [-0.2, 0) is 10.0 Å². The molecule has 0 heterocycles.